The summed E-state index contributed by atoms with van der Waals surface area (Å²) >= 11 is 0.691. The summed E-state index contributed by atoms with van der Waals surface area (Å²) in [7, 11) is 0. The van der Waals surface area contributed by atoms with Gasteiger partial charge in [-0.05, 0) is 34.1 Å². The van der Waals surface area contributed by atoms with Crippen molar-refractivity contribution in [3.63, 3.8) is 0 Å². The van der Waals surface area contributed by atoms with Crippen LogP contribution >= 0.6 is 11.8 Å². The zero-order chi connectivity index (χ0) is 29.1. The van der Waals surface area contributed by atoms with Gasteiger partial charge in [0, 0.05) is 23.8 Å². The van der Waals surface area contributed by atoms with Gasteiger partial charge in [-0.1, -0.05) is 102 Å². The van der Waals surface area contributed by atoms with E-state index in [2.05, 4.69) is 0 Å². The number of rotatable bonds is 11. The molecule has 1 aromatic rings. The second-order valence-corrected chi connectivity index (χ2v) is 13.4. The fraction of sp³-hybridized carbons (Fsp3) is 0.700. The second kappa shape index (κ2) is 12.4. The molecule has 3 unspecified atom stereocenters. The summed E-state index contributed by atoms with van der Waals surface area (Å²) in [4.78, 5) is 41.5. The van der Waals surface area contributed by atoms with Crippen LogP contribution in [0.2, 0.25) is 0 Å². The molecule has 0 fully saturated rings. The number of carbonyl (C=O) groups is 3. The van der Waals surface area contributed by atoms with E-state index in [9.17, 15) is 18.8 Å². The summed E-state index contributed by atoms with van der Waals surface area (Å²) in [6.07, 6.45) is 2.10. The molecule has 0 aliphatic carbocycles. The first kappa shape index (κ1) is 33.3. The van der Waals surface area contributed by atoms with Gasteiger partial charge in [0.25, 0.3) is 0 Å². The summed E-state index contributed by atoms with van der Waals surface area (Å²) in [5, 5.41) is -0.256. The molecule has 0 radical (unpaired) electrons. The van der Waals surface area contributed by atoms with E-state index in [1.165, 1.54) is 0 Å². The molecule has 0 saturated heterocycles. The topological polar surface area (TPSA) is 54.5 Å². The minimum Gasteiger partial charge on any atom is -0.287 e. The number of thioether (sulfide) groups is 1. The number of benzene rings is 1. The Bertz CT molecular complexity index is 969. The van der Waals surface area contributed by atoms with Crippen LogP contribution in [0.4, 0.5) is 14.5 Å². The lowest BCUT2D eigenvalue weighted by atomic mass is 9.75. The molecule has 2 amide bonds. The van der Waals surface area contributed by atoms with Crippen molar-refractivity contribution in [3.05, 3.63) is 23.8 Å². The lowest BCUT2D eigenvalue weighted by Crippen LogP contribution is -2.49. The number of nitrogens with zero attached hydrogens (tertiary/aromatic N) is 1. The average Bonchev–Trinajstić information content (AvgIpc) is 2.84. The second-order valence-electron chi connectivity index (χ2n) is 12.4. The van der Waals surface area contributed by atoms with Crippen molar-refractivity contribution in [1.29, 1.82) is 0 Å². The average molecular weight is 540 g/mol. The Kier molecular flexibility index (Phi) is 11.1. The van der Waals surface area contributed by atoms with Crippen molar-refractivity contribution >= 4 is 34.4 Å². The molecule has 0 aliphatic rings. The molecule has 0 heterocycles. The van der Waals surface area contributed by atoms with E-state index < -0.39 is 46.1 Å². The normalized spacial score (nSPS) is 15.2. The standard InChI is InChI=1S/C30H47F2NO3S/c1-13-28(7,8)18(4)25(34)33(26(35)19(5)29(9,10)14-2)23-17-24(22(32)16-21(23)31)37-27(36)20(6)30(11,12)15-3/h16-20H,13-15H2,1-12H3. The molecule has 4 nitrogen and oxygen atoms in total. The maximum absolute atomic E-state index is 15.3. The predicted octanol–water partition coefficient (Wildman–Crippen LogP) is 8.66. The number of imide groups is 1. The van der Waals surface area contributed by atoms with Crippen LogP contribution in [-0.4, -0.2) is 16.9 Å². The third kappa shape index (κ3) is 7.42. The Labute approximate surface area is 227 Å². The third-order valence-electron chi connectivity index (χ3n) is 9.24. The Morgan fingerprint density at radius 1 is 0.730 bits per heavy atom. The van der Waals surface area contributed by atoms with Crippen molar-refractivity contribution in [2.45, 2.75) is 107 Å². The van der Waals surface area contributed by atoms with E-state index in [1.54, 1.807) is 20.8 Å². The Morgan fingerprint density at radius 2 is 1.11 bits per heavy atom. The molecule has 1 rings (SSSR count). The van der Waals surface area contributed by atoms with Gasteiger partial charge in [0.05, 0.1) is 10.6 Å². The Balaban J connectivity index is 3.71. The van der Waals surface area contributed by atoms with Crippen molar-refractivity contribution in [2.24, 2.45) is 34.0 Å². The number of anilines is 1. The van der Waals surface area contributed by atoms with Crippen LogP contribution in [0.1, 0.15) is 102 Å². The van der Waals surface area contributed by atoms with E-state index in [-0.39, 0.29) is 27.0 Å². The number of hydrogen-bond acceptors (Lipinski definition) is 4. The van der Waals surface area contributed by atoms with Crippen molar-refractivity contribution in [3.8, 4) is 0 Å². The Morgan fingerprint density at radius 3 is 1.49 bits per heavy atom. The highest BCUT2D eigenvalue weighted by atomic mass is 32.2. The minimum atomic E-state index is -1.01. The van der Waals surface area contributed by atoms with Gasteiger partial charge in [-0.2, -0.15) is 0 Å². The highest BCUT2D eigenvalue weighted by Crippen LogP contribution is 2.40. The summed E-state index contributed by atoms with van der Waals surface area (Å²) in [5.41, 5.74) is -1.52. The summed E-state index contributed by atoms with van der Waals surface area (Å²) in [5.74, 6) is -4.58. The molecule has 37 heavy (non-hydrogen) atoms. The Hall–Kier alpha value is -1.76. The van der Waals surface area contributed by atoms with E-state index in [4.69, 9.17) is 0 Å². The summed E-state index contributed by atoms with van der Waals surface area (Å²) in [6.45, 7) is 22.8. The van der Waals surface area contributed by atoms with Crippen molar-refractivity contribution < 1.29 is 23.2 Å². The zero-order valence-electron chi connectivity index (χ0n) is 24.8. The smallest absolute Gasteiger partial charge is 0.237 e. The molecule has 0 aromatic heterocycles. The summed E-state index contributed by atoms with van der Waals surface area (Å²) in [6, 6.07) is 1.81. The predicted molar refractivity (Wildman–Crippen MR) is 149 cm³/mol. The molecule has 1 aromatic carbocycles. The number of amides is 2. The minimum absolute atomic E-state index is 0.101. The van der Waals surface area contributed by atoms with Crippen LogP contribution in [0, 0.1) is 45.6 Å². The van der Waals surface area contributed by atoms with Gasteiger partial charge in [-0.15, -0.1) is 0 Å². The quantitative estimate of drug-likeness (QED) is 0.264. The van der Waals surface area contributed by atoms with Gasteiger partial charge in [-0.3, -0.25) is 14.4 Å². The van der Waals surface area contributed by atoms with Crippen LogP contribution in [0.3, 0.4) is 0 Å². The third-order valence-corrected chi connectivity index (χ3v) is 10.3. The van der Waals surface area contributed by atoms with Crippen LogP contribution in [0.25, 0.3) is 0 Å². The molecule has 0 bridgehead atoms. The lowest BCUT2D eigenvalue weighted by Gasteiger charge is -2.37. The van der Waals surface area contributed by atoms with Crippen LogP contribution in [-0.2, 0) is 14.4 Å². The first-order valence-corrected chi connectivity index (χ1v) is 14.2. The monoisotopic (exact) mass is 539 g/mol. The zero-order valence-corrected chi connectivity index (χ0v) is 25.7. The molecular formula is C30H47F2NO3S. The molecule has 0 aliphatic heterocycles. The van der Waals surface area contributed by atoms with Gasteiger partial charge in [-0.25, -0.2) is 13.7 Å². The van der Waals surface area contributed by atoms with Crippen LogP contribution in [0.15, 0.2) is 17.0 Å². The molecule has 0 spiro atoms. The maximum atomic E-state index is 15.3. The van der Waals surface area contributed by atoms with E-state index in [1.807, 2.05) is 62.3 Å². The van der Waals surface area contributed by atoms with Crippen molar-refractivity contribution in [1.82, 2.24) is 0 Å². The first-order valence-electron chi connectivity index (χ1n) is 13.4. The first-order chi connectivity index (χ1) is 16.8. The van der Waals surface area contributed by atoms with Crippen LogP contribution in [0.5, 0.6) is 0 Å². The number of carbonyl (C=O) groups excluding carboxylic acids is 3. The molecule has 0 saturated carbocycles. The van der Waals surface area contributed by atoms with E-state index >= 15 is 4.39 Å². The molecule has 210 valence electrons. The van der Waals surface area contributed by atoms with Gasteiger partial charge in [0.1, 0.15) is 11.6 Å². The molecule has 3 atom stereocenters. The number of halogens is 2. The molecule has 0 N–H and O–H groups in total. The van der Waals surface area contributed by atoms with Crippen LogP contribution < -0.4 is 4.90 Å². The lowest BCUT2D eigenvalue weighted by molar-refractivity contribution is -0.134. The fourth-order valence-electron chi connectivity index (χ4n) is 3.60. The van der Waals surface area contributed by atoms with E-state index in [0.717, 1.165) is 17.4 Å². The van der Waals surface area contributed by atoms with E-state index in [0.29, 0.717) is 30.7 Å². The number of hydrogen-bond donors (Lipinski definition) is 0. The van der Waals surface area contributed by atoms with Gasteiger partial charge in [0.15, 0.2) is 5.12 Å². The van der Waals surface area contributed by atoms with Crippen molar-refractivity contribution in [2.75, 3.05) is 4.90 Å². The van der Waals surface area contributed by atoms with Gasteiger partial charge in [0.2, 0.25) is 11.8 Å². The fourth-order valence-corrected chi connectivity index (χ4v) is 4.64. The van der Waals surface area contributed by atoms with Gasteiger partial charge >= 0.3 is 0 Å². The largest absolute Gasteiger partial charge is 0.287 e. The summed E-state index contributed by atoms with van der Waals surface area (Å²) < 4.78 is 30.2. The molecule has 7 heteroatoms. The maximum Gasteiger partial charge on any atom is 0.237 e. The SMILES string of the molecule is CCC(C)(C)C(C)C(=O)Sc1cc(N(C(=O)C(C)C(C)(C)CC)C(=O)C(C)C(C)(C)CC)c(F)cc1F. The molecular weight excluding hydrogens is 492 g/mol. The highest BCUT2D eigenvalue weighted by Gasteiger charge is 2.42. The highest BCUT2D eigenvalue weighted by molar-refractivity contribution is 8.13. The van der Waals surface area contributed by atoms with Gasteiger partial charge < -0.3 is 0 Å².